The molecular weight excluding hydrogens is 184 g/mol. The molecule has 86 valence electrons. The minimum atomic E-state index is -0.652. The van der Waals surface area contributed by atoms with Crippen molar-refractivity contribution in [1.29, 1.82) is 0 Å². The van der Waals surface area contributed by atoms with E-state index in [0.29, 0.717) is 10.1 Å². The molecular formula is C13H30Si. The van der Waals surface area contributed by atoms with Crippen molar-refractivity contribution >= 4 is 8.80 Å². The Bertz CT molecular complexity index is 143. The van der Waals surface area contributed by atoms with Crippen LogP contribution in [0.1, 0.15) is 67.7 Å². The second kappa shape index (κ2) is 5.34. The fourth-order valence-electron chi connectivity index (χ4n) is 2.62. The second-order valence-electron chi connectivity index (χ2n) is 6.03. The quantitative estimate of drug-likeness (QED) is 0.546. The third-order valence-electron chi connectivity index (χ3n) is 4.29. The van der Waals surface area contributed by atoms with E-state index in [2.05, 4.69) is 48.5 Å². The van der Waals surface area contributed by atoms with Crippen LogP contribution in [0.5, 0.6) is 0 Å². The molecule has 0 N–H and O–H groups in total. The minimum Gasteiger partial charge on any atom is -0.0657 e. The Labute approximate surface area is 93.1 Å². The van der Waals surface area contributed by atoms with Gasteiger partial charge in [0.2, 0.25) is 0 Å². The summed E-state index contributed by atoms with van der Waals surface area (Å²) in [6.45, 7) is 17.1. The molecule has 14 heavy (non-hydrogen) atoms. The van der Waals surface area contributed by atoms with Crippen LogP contribution in [-0.2, 0) is 0 Å². The van der Waals surface area contributed by atoms with Crippen molar-refractivity contribution in [3.63, 3.8) is 0 Å². The van der Waals surface area contributed by atoms with Crippen molar-refractivity contribution in [2.45, 2.75) is 83.8 Å². The smallest absolute Gasteiger partial charge is 0.0482 e. The van der Waals surface area contributed by atoms with Gasteiger partial charge in [-0.2, -0.15) is 0 Å². The lowest BCUT2D eigenvalue weighted by Gasteiger charge is -2.43. The third-order valence-corrected chi connectivity index (χ3v) is 10.0. The predicted molar refractivity (Wildman–Crippen MR) is 70.9 cm³/mol. The Hall–Kier alpha value is 0.217. The van der Waals surface area contributed by atoms with Crippen LogP contribution in [0.25, 0.3) is 0 Å². The summed E-state index contributed by atoms with van der Waals surface area (Å²) in [5.41, 5.74) is 0. The van der Waals surface area contributed by atoms with Gasteiger partial charge < -0.3 is 0 Å². The maximum Gasteiger partial charge on any atom is 0.0482 e. The normalized spacial score (nSPS) is 13.7. The van der Waals surface area contributed by atoms with Gasteiger partial charge in [-0.3, -0.25) is 0 Å². The second-order valence-corrected chi connectivity index (χ2v) is 10.8. The van der Waals surface area contributed by atoms with Gasteiger partial charge in [0.15, 0.2) is 0 Å². The molecule has 0 radical (unpaired) electrons. The molecule has 0 bridgehead atoms. The SMILES string of the molecule is CCC[SiH](C(C)(C)CC)C(C)(C)CC. The van der Waals surface area contributed by atoms with E-state index in [1.165, 1.54) is 25.3 Å². The maximum absolute atomic E-state index is 2.50. The lowest BCUT2D eigenvalue weighted by atomic mass is 10.1. The summed E-state index contributed by atoms with van der Waals surface area (Å²) in [4.78, 5) is 0. The van der Waals surface area contributed by atoms with Gasteiger partial charge in [0.1, 0.15) is 0 Å². The molecule has 0 aliphatic heterocycles. The highest BCUT2D eigenvalue weighted by Gasteiger charge is 2.38. The van der Waals surface area contributed by atoms with Crippen molar-refractivity contribution in [2.75, 3.05) is 0 Å². The Morgan fingerprint density at radius 3 is 1.36 bits per heavy atom. The molecule has 0 aliphatic rings. The largest absolute Gasteiger partial charge is 0.0657 e. The summed E-state index contributed by atoms with van der Waals surface area (Å²) in [6.07, 6.45) is 4.09. The van der Waals surface area contributed by atoms with Crippen molar-refractivity contribution in [1.82, 2.24) is 0 Å². The first-order valence-electron chi connectivity index (χ1n) is 6.31. The highest BCUT2D eigenvalue weighted by Crippen LogP contribution is 2.48. The van der Waals surface area contributed by atoms with E-state index >= 15 is 0 Å². The van der Waals surface area contributed by atoms with E-state index in [9.17, 15) is 0 Å². The van der Waals surface area contributed by atoms with E-state index in [1.54, 1.807) is 0 Å². The summed E-state index contributed by atoms with van der Waals surface area (Å²) < 4.78 is 0. The summed E-state index contributed by atoms with van der Waals surface area (Å²) >= 11 is 0. The minimum absolute atomic E-state index is 0.634. The van der Waals surface area contributed by atoms with Crippen molar-refractivity contribution < 1.29 is 0 Å². The highest BCUT2D eigenvalue weighted by atomic mass is 28.3. The average molecular weight is 214 g/mol. The molecule has 0 saturated heterocycles. The standard InChI is InChI=1S/C13H30Si/c1-8-11-14(12(4,5)9-2)13(6,7)10-3/h14H,8-11H2,1-7H3. The van der Waals surface area contributed by atoms with E-state index in [1.807, 2.05) is 0 Å². The Morgan fingerprint density at radius 1 is 0.786 bits per heavy atom. The van der Waals surface area contributed by atoms with Gasteiger partial charge in [0, 0.05) is 8.80 Å². The van der Waals surface area contributed by atoms with Gasteiger partial charge in [0.05, 0.1) is 0 Å². The highest BCUT2D eigenvalue weighted by molar-refractivity contribution is 6.65. The van der Waals surface area contributed by atoms with Crippen molar-refractivity contribution in [3.05, 3.63) is 0 Å². The first-order chi connectivity index (χ1) is 6.31. The monoisotopic (exact) mass is 214 g/mol. The number of rotatable bonds is 6. The maximum atomic E-state index is 2.50. The number of hydrogen-bond donors (Lipinski definition) is 0. The van der Waals surface area contributed by atoms with Crippen LogP contribution in [0.15, 0.2) is 0 Å². The van der Waals surface area contributed by atoms with Crippen LogP contribution in [0.2, 0.25) is 16.1 Å². The topological polar surface area (TPSA) is 0 Å². The van der Waals surface area contributed by atoms with Crippen LogP contribution in [-0.4, -0.2) is 8.80 Å². The molecule has 0 aromatic carbocycles. The zero-order chi connectivity index (χ0) is 11.4. The van der Waals surface area contributed by atoms with Crippen LogP contribution in [0, 0.1) is 0 Å². The zero-order valence-electron chi connectivity index (χ0n) is 11.4. The van der Waals surface area contributed by atoms with Gasteiger partial charge in [0.25, 0.3) is 0 Å². The molecule has 0 rings (SSSR count). The van der Waals surface area contributed by atoms with Crippen molar-refractivity contribution in [3.8, 4) is 0 Å². The molecule has 0 unspecified atom stereocenters. The summed E-state index contributed by atoms with van der Waals surface area (Å²) in [5, 5.41) is 1.27. The molecule has 0 atom stereocenters. The van der Waals surface area contributed by atoms with Gasteiger partial charge in [-0.25, -0.2) is 0 Å². The Kier molecular flexibility index (Phi) is 5.42. The van der Waals surface area contributed by atoms with Gasteiger partial charge in [-0.1, -0.05) is 73.8 Å². The zero-order valence-corrected chi connectivity index (χ0v) is 12.6. The Morgan fingerprint density at radius 2 is 1.14 bits per heavy atom. The Balaban J connectivity index is 4.75. The first-order valence-corrected chi connectivity index (χ1v) is 8.29. The summed E-state index contributed by atoms with van der Waals surface area (Å²) in [5.74, 6) is 0. The van der Waals surface area contributed by atoms with E-state index in [0.717, 1.165) is 0 Å². The van der Waals surface area contributed by atoms with Crippen LogP contribution in [0.4, 0.5) is 0 Å². The van der Waals surface area contributed by atoms with Crippen LogP contribution < -0.4 is 0 Å². The lowest BCUT2D eigenvalue weighted by Crippen LogP contribution is -2.37. The molecule has 0 aromatic heterocycles. The third kappa shape index (κ3) is 3.41. The van der Waals surface area contributed by atoms with Crippen LogP contribution >= 0.6 is 0 Å². The molecule has 0 heterocycles. The van der Waals surface area contributed by atoms with Gasteiger partial charge >= 0.3 is 0 Å². The summed E-state index contributed by atoms with van der Waals surface area (Å²) in [7, 11) is -0.652. The first kappa shape index (κ1) is 14.2. The van der Waals surface area contributed by atoms with E-state index in [-0.39, 0.29) is 0 Å². The molecule has 0 saturated carbocycles. The van der Waals surface area contributed by atoms with Gasteiger partial charge in [-0.15, -0.1) is 0 Å². The molecule has 0 nitrogen and oxygen atoms in total. The van der Waals surface area contributed by atoms with E-state index < -0.39 is 8.80 Å². The van der Waals surface area contributed by atoms with Crippen molar-refractivity contribution in [2.24, 2.45) is 0 Å². The molecule has 0 spiro atoms. The fraction of sp³-hybridized carbons (Fsp3) is 1.00. The molecule has 0 aromatic rings. The molecule has 0 aliphatic carbocycles. The van der Waals surface area contributed by atoms with E-state index in [4.69, 9.17) is 0 Å². The van der Waals surface area contributed by atoms with Gasteiger partial charge in [-0.05, 0) is 10.1 Å². The molecule has 0 fully saturated rings. The average Bonchev–Trinajstić information content (AvgIpc) is 2.13. The van der Waals surface area contributed by atoms with Crippen LogP contribution in [0.3, 0.4) is 0 Å². The predicted octanol–water partition coefficient (Wildman–Crippen LogP) is 5.00. The molecule has 1 heteroatoms. The summed E-state index contributed by atoms with van der Waals surface area (Å²) in [6, 6.07) is 1.52. The fourth-order valence-corrected chi connectivity index (χ4v) is 7.86. The number of hydrogen-bond acceptors (Lipinski definition) is 0. The molecule has 0 amide bonds. The lowest BCUT2D eigenvalue weighted by molar-refractivity contribution is 0.543.